The number of anilines is 1. The van der Waals surface area contributed by atoms with Gasteiger partial charge in [0, 0.05) is 6.07 Å². The van der Waals surface area contributed by atoms with Crippen LogP contribution in [0.2, 0.25) is 0 Å². The zero-order valence-electron chi connectivity index (χ0n) is 10.9. The van der Waals surface area contributed by atoms with Crippen LogP contribution in [0, 0.1) is 5.21 Å². The Balaban J connectivity index is 1.91. The van der Waals surface area contributed by atoms with Gasteiger partial charge < -0.3 is 15.8 Å². The van der Waals surface area contributed by atoms with Crippen LogP contribution in [-0.4, -0.2) is 11.9 Å². The molecule has 0 amide bonds. The van der Waals surface area contributed by atoms with E-state index in [9.17, 15) is 10.0 Å². The third-order valence-electron chi connectivity index (χ3n) is 2.96. The van der Waals surface area contributed by atoms with Gasteiger partial charge in [0.25, 0.3) is 5.96 Å². The fourth-order valence-corrected chi connectivity index (χ4v) is 1.97. The van der Waals surface area contributed by atoms with Gasteiger partial charge in [-0.2, -0.15) is 0 Å². The van der Waals surface area contributed by atoms with Crippen molar-refractivity contribution in [2.75, 3.05) is 5.06 Å². The van der Waals surface area contributed by atoms with Crippen molar-refractivity contribution in [3.05, 3.63) is 65.4 Å². The minimum atomic E-state index is -0.585. The summed E-state index contributed by atoms with van der Waals surface area (Å²) in [7, 11) is 0. The molecule has 0 aromatic heterocycles. The average molecular weight is 284 g/mol. The lowest BCUT2D eigenvalue weighted by Gasteiger charge is -2.29. The number of hydrogen-bond acceptors (Lipinski definition) is 6. The predicted octanol–water partition coefficient (Wildman–Crippen LogP) is 0.522. The van der Waals surface area contributed by atoms with Crippen LogP contribution in [0.15, 0.2) is 59.7 Å². The number of nitrogens with two attached hydrogens (primary N) is 1. The van der Waals surface area contributed by atoms with E-state index in [1.54, 1.807) is 54.6 Å². The van der Waals surface area contributed by atoms with Gasteiger partial charge in [0.2, 0.25) is 0 Å². The average Bonchev–Trinajstić information content (AvgIpc) is 2.52. The third kappa shape index (κ3) is 2.42. The lowest BCUT2D eigenvalue weighted by Crippen LogP contribution is -2.98. The molecule has 1 heterocycles. The topological polar surface area (TPSA) is 95.4 Å². The van der Waals surface area contributed by atoms with E-state index in [1.807, 2.05) is 0 Å². The van der Waals surface area contributed by atoms with Gasteiger partial charge in [-0.05, 0) is 23.3 Å². The molecule has 3 rings (SSSR count). The molecule has 1 atom stereocenters. The van der Waals surface area contributed by atoms with Gasteiger partial charge >= 0.3 is 5.97 Å². The smallest absolute Gasteiger partial charge is 0.363 e. The van der Waals surface area contributed by atoms with Crippen LogP contribution in [0.1, 0.15) is 10.4 Å². The largest absolute Gasteiger partial charge is 0.601 e. The Morgan fingerprint density at radius 2 is 1.81 bits per heavy atom. The van der Waals surface area contributed by atoms with E-state index < -0.39 is 11.1 Å². The summed E-state index contributed by atoms with van der Waals surface area (Å²) in [4.78, 5) is 17.3. The highest BCUT2D eigenvalue weighted by Crippen LogP contribution is 2.25. The van der Waals surface area contributed by atoms with E-state index >= 15 is 0 Å². The Morgan fingerprint density at radius 3 is 2.57 bits per heavy atom. The monoisotopic (exact) mass is 284 g/mol. The Morgan fingerprint density at radius 1 is 1.14 bits per heavy atom. The van der Waals surface area contributed by atoms with Gasteiger partial charge in [0.15, 0.2) is 5.69 Å². The Bertz CT molecular complexity index is 702. The van der Waals surface area contributed by atoms with Gasteiger partial charge in [-0.3, -0.25) is 0 Å². The summed E-state index contributed by atoms with van der Waals surface area (Å²) < 4.78 is 0. The zero-order valence-corrected chi connectivity index (χ0v) is 10.9. The fraction of sp³-hybridized carbons (Fsp3) is 0. The molecule has 2 aromatic rings. The summed E-state index contributed by atoms with van der Waals surface area (Å²) in [6, 6.07) is 15.1. The maximum atomic E-state index is 12.1. The molecule has 7 nitrogen and oxygen atoms in total. The van der Waals surface area contributed by atoms with Crippen LogP contribution in [0.5, 0.6) is 0 Å². The van der Waals surface area contributed by atoms with Gasteiger partial charge in [0.05, 0.1) is 5.56 Å². The maximum Gasteiger partial charge on any atom is 0.363 e. The minimum absolute atomic E-state index is 0.178. The third-order valence-corrected chi connectivity index (χ3v) is 2.96. The first-order valence-electron chi connectivity index (χ1n) is 6.22. The molecule has 1 aliphatic heterocycles. The van der Waals surface area contributed by atoms with Gasteiger partial charge in [-0.1, -0.05) is 30.3 Å². The number of guanidine groups is 1. The molecule has 0 spiro atoms. The van der Waals surface area contributed by atoms with Crippen LogP contribution in [-0.2, 0) is 4.84 Å². The van der Waals surface area contributed by atoms with Crippen molar-refractivity contribution in [3.8, 4) is 0 Å². The first-order chi connectivity index (χ1) is 10.2. The highest BCUT2D eigenvalue weighted by atomic mass is 16.7. The van der Waals surface area contributed by atoms with Crippen molar-refractivity contribution >= 4 is 23.3 Å². The van der Waals surface area contributed by atoms with Crippen LogP contribution in [0.3, 0.4) is 0 Å². The lowest BCUT2D eigenvalue weighted by atomic mass is 10.2. The molecule has 2 aromatic carbocycles. The maximum absolute atomic E-state index is 12.1. The first kappa shape index (κ1) is 13.1. The van der Waals surface area contributed by atoms with E-state index in [2.05, 4.69) is 5.10 Å². The molecule has 1 aliphatic rings. The van der Waals surface area contributed by atoms with Crippen LogP contribution >= 0.6 is 0 Å². The van der Waals surface area contributed by atoms with Crippen molar-refractivity contribution in [2.24, 2.45) is 10.8 Å². The van der Waals surface area contributed by atoms with Crippen LogP contribution in [0.4, 0.5) is 11.4 Å². The standard InChI is InChI=1S/C14H12N4O3/c15-14-16-18(20)12-9-5-4-8-11(12)17(14)21-13(19)10-6-2-1-3-7-10/h1-9,18H,(H2,15,16). The first-order valence-corrected chi connectivity index (χ1v) is 6.22. The van der Waals surface area contributed by atoms with Crippen LogP contribution in [0.25, 0.3) is 0 Å². The summed E-state index contributed by atoms with van der Waals surface area (Å²) >= 11 is 0. The van der Waals surface area contributed by atoms with E-state index in [1.165, 1.54) is 0 Å². The van der Waals surface area contributed by atoms with Crippen molar-refractivity contribution in [1.82, 2.24) is 0 Å². The number of nitrogens with zero attached hydrogens (tertiary/aromatic N) is 2. The summed E-state index contributed by atoms with van der Waals surface area (Å²) in [6.07, 6.45) is 0. The molecule has 106 valence electrons. The van der Waals surface area contributed by atoms with E-state index in [-0.39, 0.29) is 5.96 Å². The summed E-state index contributed by atoms with van der Waals surface area (Å²) in [6.45, 7) is 0. The van der Waals surface area contributed by atoms with E-state index in [0.29, 0.717) is 16.9 Å². The Labute approximate surface area is 120 Å². The number of carbonyl (C=O) groups excluding carboxylic acids is 1. The molecular formula is C14H12N4O3. The molecule has 7 heteroatoms. The number of quaternary nitrogens is 1. The number of nitrogens with one attached hydrogen (secondary N) is 1. The molecular weight excluding hydrogens is 272 g/mol. The summed E-state index contributed by atoms with van der Waals surface area (Å²) in [5.74, 6) is -0.763. The normalized spacial score (nSPS) is 16.9. The van der Waals surface area contributed by atoms with Crippen molar-refractivity contribution in [3.63, 3.8) is 0 Å². The fourth-order valence-electron chi connectivity index (χ4n) is 1.97. The second kappa shape index (κ2) is 5.23. The Kier molecular flexibility index (Phi) is 3.27. The molecule has 0 saturated heterocycles. The van der Waals surface area contributed by atoms with Crippen molar-refractivity contribution in [1.29, 1.82) is 0 Å². The molecule has 0 bridgehead atoms. The van der Waals surface area contributed by atoms with Crippen molar-refractivity contribution in [2.45, 2.75) is 0 Å². The number of fused-ring (bicyclic) bond motifs is 1. The molecule has 0 fully saturated rings. The number of benzene rings is 2. The Hall–Kier alpha value is -2.90. The summed E-state index contributed by atoms with van der Waals surface area (Å²) in [5, 5.41) is 16.0. The summed E-state index contributed by atoms with van der Waals surface area (Å²) in [5.41, 5.74) is 6.78. The van der Waals surface area contributed by atoms with Crippen molar-refractivity contribution < 1.29 is 14.8 Å². The second-order valence-electron chi connectivity index (χ2n) is 4.33. The highest BCUT2D eigenvalue weighted by Gasteiger charge is 2.29. The number of para-hydroxylation sites is 1. The lowest BCUT2D eigenvalue weighted by molar-refractivity contribution is -0.784. The SMILES string of the molecule is NC1=N[NH+]([O-])c2ccccc2N1OC(=O)c1ccccc1. The highest BCUT2D eigenvalue weighted by molar-refractivity contribution is 5.99. The molecule has 3 N–H and O–H groups in total. The van der Waals surface area contributed by atoms with Gasteiger partial charge in [-0.25, -0.2) is 9.97 Å². The van der Waals surface area contributed by atoms with Gasteiger partial charge in [-0.15, -0.1) is 5.06 Å². The zero-order chi connectivity index (χ0) is 14.8. The van der Waals surface area contributed by atoms with E-state index in [4.69, 9.17) is 10.6 Å². The quantitative estimate of drug-likeness (QED) is 0.784. The predicted molar refractivity (Wildman–Crippen MR) is 76.4 cm³/mol. The van der Waals surface area contributed by atoms with Crippen LogP contribution < -0.4 is 16.0 Å². The van der Waals surface area contributed by atoms with Gasteiger partial charge in [0.1, 0.15) is 5.69 Å². The molecule has 21 heavy (non-hydrogen) atoms. The number of carbonyl (C=O) groups is 1. The van der Waals surface area contributed by atoms with E-state index in [0.717, 1.165) is 5.06 Å². The molecule has 1 unspecified atom stereocenters. The minimum Gasteiger partial charge on any atom is -0.601 e. The molecule has 0 saturated carbocycles. The number of hydrogen-bond donors (Lipinski definition) is 2. The number of rotatable bonds is 2. The molecule has 0 aliphatic carbocycles. The number of hydroxylamine groups is 1. The second-order valence-corrected chi connectivity index (χ2v) is 4.33. The molecule has 0 radical (unpaired) electrons.